The van der Waals surface area contributed by atoms with Crippen LogP contribution in [0.2, 0.25) is 0 Å². The number of aromatic nitrogens is 5. The average Bonchev–Trinajstić information content (AvgIpc) is 3.29. The lowest BCUT2D eigenvalue weighted by atomic mass is 10.2. The molecule has 0 N–H and O–H groups in total. The Morgan fingerprint density at radius 3 is 2.85 bits per heavy atom. The van der Waals surface area contributed by atoms with E-state index >= 15 is 0 Å². The van der Waals surface area contributed by atoms with Crippen LogP contribution in [0.5, 0.6) is 5.75 Å². The molecule has 0 fully saturated rings. The summed E-state index contributed by atoms with van der Waals surface area (Å²) in [7, 11) is 1.87. The maximum Gasteiger partial charge on any atom is 0.261 e. The number of hydrogen-bond donors (Lipinski definition) is 0. The van der Waals surface area contributed by atoms with Crippen molar-refractivity contribution in [2.75, 3.05) is 0 Å². The van der Waals surface area contributed by atoms with E-state index in [1.54, 1.807) is 23.3 Å². The Bertz CT molecular complexity index is 1020. The predicted molar refractivity (Wildman–Crippen MR) is 95.2 cm³/mol. The van der Waals surface area contributed by atoms with Crippen LogP contribution in [0, 0.1) is 6.92 Å². The normalized spacial score (nSPS) is 10.8. The van der Waals surface area contributed by atoms with Crippen molar-refractivity contribution in [2.24, 2.45) is 7.05 Å². The van der Waals surface area contributed by atoms with E-state index in [4.69, 9.17) is 9.26 Å². The van der Waals surface area contributed by atoms with E-state index < -0.39 is 0 Å². The SMILES string of the molecule is Cc1c(-c2nc(-c3cccc(OCc4cccnc4)c3)no2)cnn1C. The summed E-state index contributed by atoms with van der Waals surface area (Å²) in [6.07, 6.45) is 5.24. The second-order valence-electron chi connectivity index (χ2n) is 5.87. The molecule has 130 valence electrons. The second kappa shape index (κ2) is 6.79. The van der Waals surface area contributed by atoms with E-state index in [0.717, 1.165) is 28.1 Å². The quantitative estimate of drug-likeness (QED) is 0.550. The number of pyridine rings is 1. The molecule has 1 aromatic carbocycles. The fourth-order valence-electron chi connectivity index (χ4n) is 2.53. The van der Waals surface area contributed by atoms with Crippen molar-refractivity contribution in [1.29, 1.82) is 0 Å². The average molecular weight is 347 g/mol. The zero-order chi connectivity index (χ0) is 17.9. The van der Waals surface area contributed by atoms with Gasteiger partial charge in [0, 0.05) is 36.3 Å². The van der Waals surface area contributed by atoms with Crippen molar-refractivity contribution >= 4 is 0 Å². The molecule has 0 amide bonds. The molecule has 0 atom stereocenters. The molecule has 0 bridgehead atoms. The van der Waals surface area contributed by atoms with Crippen molar-refractivity contribution in [3.8, 4) is 28.6 Å². The van der Waals surface area contributed by atoms with Gasteiger partial charge in [-0.2, -0.15) is 10.1 Å². The van der Waals surface area contributed by atoms with E-state index in [1.165, 1.54) is 0 Å². The Morgan fingerprint density at radius 2 is 2.08 bits per heavy atom. The van der Waals surface area contributed by atoms with Crippen molar-refractivity contribution < 1.29 is 9.26 Å². The van der Waals surface area contributed by atoms with Gasteiger partial charge < -0.3 is 9.26 Å². The number of ether oxygens (including phenoxy) is 1. The summed E-state index contributed by atoms with van der Waals surface area (Å²) in [5.41, 5.74) is 3.63. The third kappa shape index (κ3) is 3.19. The summed E-state index contributed by atoms with van der Waals surface area (Å²) in [6, 6.07) is 11.5. The molecule has 0 aliphatic rings. The van der Waals surface area contributed by atoms with Gasteiger partial charge in [0.15, 0.2) is 0 Å². The number of benzene rings is 1. The number of aryl methyl sites for hydroxylation is 1. The van der Waals surface area contributed by atoms with Crippen LogP contribution in [0.25, 0.3) is 22.8 Å². The van der Waals surface area contributed by atoms with Crippen LogP contribution in [0.15, 0.2) is 59.5 Å². The Labute approximate surface area is 150 Å². The van der Waals surface area contributed by atoms with E-state index in [1.807, 2.05) is 50.4 Å². The fraction of sp³-hybridized carbons (Fsp3) is 0.158. The minimum absolute atomic E-state index is 0.448. The highest BCUT2D eigenvalue weighted by Crippen LogP contribution is 2.26. The maximum atomic E-state index is 5.83. The molecule has 0 saturated heterocycles. The van der Waals surface area contributed by atoms with Gasteiger partial charge in [-0.1, -0.05) is 23.4 Å². The van der Waals surface area contributed by atoms with Crippen molar-refractivity contribution in [3.63, 3.8) is 0 Å². The lowest BCUT2D eigenvalue weighted by molar-refractivity contribution is 0.306. The highest BCUT2D eigenvalue weighted by atomic mass is 16.5. The van der Waals surface area contributed by atoms with E-state index in [2.05, 4.69) is 20.2 Å². The third-order valence-corrected chi connectivity index (χ3v) is 4.11. The van der Waals surface area contributed by atoms with Gasteiger partial charge in [-0.05, 0) is 25.1 Å². The smallest absolute Gasteiger partial charge is 0.261 e. The van der Waals surface area contributed by atoms with Gasteiger partial charge in [0.2, 0.25) is 5.82 Å². The van der Waals surface area contributed by atoms with E-state index in [-0.39, 0.29) is 0 Å². The first-order valence-corrected chi connectivity index (χ1v) is 8.15. The van der Waals surface area contributed by atoms with Gasteiger partial charge in [-0.15, -0.1) is 0 Å². The molecule has 0 spiro atoms. The van der Waals surface area contributed by atoms with Crippen LogP contribution in [0.3, 0.4) is 0 Å². The zero-order valence-electron chi connectivity index (χ0n) is 14.5. The summed E-state index contributed by atoms with van der Waals surface area (Å²) in [6.45, 7) is 2.41. The molecule has 4 aromatic rings. The first-order chi connectivity index (χ1) is 12.7. The zero-order valence-corrected chi connectivity index (χ0v) is 14.5. The van der Waals surface area contributed by atoms with Crippen molar-refractivity contribution in [1.82, 2.24) is 24.9 Å². The van der Waals surface area contributed by atoms with Crippen LogP contribution in [0.4, 0.5) is 0 Å². The van der Waals surface area contributed by atoms with Crippen LogP contribution in [0.1, 0.15) is 11.3 Å². The minimum atomic E-state index is 0.448. The summed E-state index contributed by atoms with van der Waals surface area (Å²) < 4.78 is 13.0. The third-order valence-electron chi connectivity index (χ3n) is 4.11. The van der Waals surface area contributed by atoms with Crippen molar-refractivity contribution in [3.05, 3.63) is 66.2 Å². The molecule has 0 aliphatic heterocycles. The molecular formula is C19H17N5O2. The first kappa shape index (κ1) is 16.0. The Kier molecular flexibility index (Phi) is 4.18. The molecular weight excluding hydrogens is 330 g/mol. The maximum absolute atomic E-state index is 5.83. The molecule has 7 heteroatoms. The van der Waals surface area contributed by atoms with Crippen molar-refractivity contribution in [2.45, 2.75) is 13.5 Å². The Morgan fingerprint density at radius 1 is 1.15 bits per heavy atom. The van der Waals surface area contributed by atoms with Gasteiger partial charge in [-0.25, -0.2) is 0 Å². The van der Waals surface area contributed by atoms with Gasteiger partial charge in [0.05, 0.1) is 11.8 Å². The molecule has 0 aliphatic carbocycles. The van der Waals surface area contributed by atoms with Crippen LogP contribution >= 0.6 is 0 Å². The lowest BCUT2D eigenvalue weighted by Crippen LogP contribution is -1.96. The van der Waals surface area contributed by atoms with Gasteiger partial charge in [-0.3, -0.25) is 9.67 Å². The van der Waals surface area contributed by atoms with Crippen LogP contribution in [-0.2, 0) is 13.7 Å². The standard InChI is InChI=1S/C19H17N5O2/c1-13-17(11-21-24(13)2)19-22-18(23-26-19)15-6-3-7-16(9-15)25-12-14-5-4-8-20-10-14/h3-11H,12H2,1-2H3. The largest absolute Gasteiger partial charge is 0.489 e. The second-order valence-corrected chi connectivity index (χ2v) is 5.87. The molecule has 3 aromatic heterocycles. The predicted octanol–water partition coefficient (Wildman–Crippen LogP) is 3.42. The summed E-state index contributed by atoms with van der Waals surface area (Å²) in [5.74, 6) is 1.69. The van der Waals surface area contributed by atoms with E-state index in [9.17, 15) is 0 Å². The van der Waals surface area contributed by atoms with E-state index in [0.29, 0.717) is 18.3 Å². The van der Waals surface area contributed by atoms with Gasteiger partial charge in [0.1, 0.15) is 12.4 Å². The summed E-state index contributed by atoms with van der Waals surface area (Å²) >= 11 is 0. The number of hydrogen-bond acceptors (Lipinski definition) is 6. The van der Waals surface area contributed by atoms with Crippen LogP contribution in [-0.4, -0.2) is 24.9 Å². The molecule has 4 rings (SSSR count). The summed E-state index contributed by atoms with van der Waals surface area (Å²) in [4.78, 5) is 8.57. The molecule has 0 unspecified atom stereocenters. The topological polar surface area (TPSA) is 78.9 Å². The molecule has 7 nitrogen and oxygen atoms in total. The molecule has 0 saturated carbocycles. The summed E-state index contributed by atoms with van der Waals surface area (Å²) in [5, 5.41) is 8.29. The lowest BCUT2D eigenvalue weighted by Gasteiger charge is -2.06. The molecule has 0 radical (unpaired) electrons. The minimum Gasteiger partial charge on any atom is -0.489 e. The van der Waals surface area contributed by atoms with Gasteiger partial charge >= 0.3 is 0 Å². The number of rotatable bonds is 5. The fourth-order valence-corrected chi connectivity index (χ4v) is 2.53. The highest BCUT2D eigenvalue weighted by molar-refractivity contribution is 5.61. The van der Waals surface area contributed by atoms with Gasteiger partial charge in [0.25, 0.3) is 5.89 Å². The first-order valence-electron chi connectivity index (χ1n) is 8.15. The molecule has 26 heavy (non-hydrogen) atoms. The molecule has 3 heterocycles. The van der Waals surface area contributed by atoms with Crippen LogP contribution < -0.4 is 4.74 Å². The Hall–Kier alpha value is -3.48. The monoisotopic (exact) mass is 347 g/mol. The number of nitrogens with zero attached hydrogens (tertiary/aromatic N) is 5. The Balaban J connectivity index is 1.54. The highest BCUT2D eigenvalue weighted by Gasteiger charge is 2.15.